The average Bonchev–Trinajstić information content (AvgIpc) is 2.90. The Balaban J connectivity index is 1.72. The molecule has 0 bridgehead atoms. The van der Waals surface area contributed by atoms with Crippen LogP contribution in [0.25, 0.3) is 0 Å². The minimum atomic E-state index is 0.660. The van der Waals surface area contributed by atoms with Gasteiger partial charge in [0.25, 0.3) is 0 Å². The van der Waals surface area contributed by atoms with E-state index >= 15 is 0 Å². The molecule has 0 amide bonds. The number of hydrogen-bond acceptors (Lipinski definition) is 3. The molecule has 0 spiro atoms. The molecule has 5 heteroatoms. The van der Waals surface area contributed by atoms with E-state index in [0.717, 1.165) is 51.2 Å². The molecule has 0 aliphatic carbocycles. The van der Waals surface area contributed by atoms with Crippen LogP contribution in [0.15, 0.2) is 4.99 Å². The second kappa shape index (κ2) is 7.84. The van der Waals surface area contributed by atoms with Crippen molar-refractivity contribution in [3.63, 3.8) is 0 Å². The second-order valence-electron chi connectivity index (χ2n) is 6.34. The van der Waals surface area contributed by atoms with E-state index in [0.29, 0.717) is 5.92 Å². The molecule has 2 fully saturated rings. The number of aliphatic imine (C=N–C) groups is 1. The van der Waals surface area contributed by atoms with Crippen molar-refractivity contribution in [3.05, 3.63) is 0 Å². The molecule has 0 aromatic rings. The molecule has 20 heavy (non-hydrogen) atoms. The van der Waals surface area contributed by atoms with Gasteiger partial charge in [-0.3, -0.25) is 4.99 Å². The number of guanidine groups is 1. The summed E-state index contributed by atoms with van der Waals surface area (Å²) in [5.41, 5.74) is 6.15. The first-order valence-electron chi connectivity index (χ1n) is 7.95. The number of rotatable bonds is 5. The Labute approximate surface area is 123 Å². The van der Waals surface area contributed by atoms with Crippen LogP contribution in [-0.4, -0.2) is 68.7 Å². The van der Waals surface area contributed by atoms with E-state index in [9.17, 15) is 0 Å². The summed E-state index contributed by atoms with van der Waals surface area (Å²) >= 11 is 0. The number of ether oxygens (including phenoxy) is 1. The normalized spacial score (nSPS) is 29.1. The van der Waals surface area contributed by atoms with Crippen molar-refractivity contribution in [2.45, 2.75) is 26.2 Å². The minimum absolute atomic E-state index is 0.660. The molecule has 2 atom stereocenters. The average molecular weight is 282 g/mol. The summed E-state index contributed by atoms with van der Waals surface area (Å²) in [7, 11) is 1.76. The molecule has 2 saturated heterocycles. The molecule has 116 valence electrons. The molecule has 0 saturated carbocycles. The van der Waals surface area contributed by atoms with Crippen LogP contribution < -0.4 is 5.73 Å². The van der Waals surface area contributed by atoms with Crippen LogP contribution >= 0.6 is 0 Å². The zero-order valence-corrected chi connectivity index (χ0v) is 13.1. The first-order valence-corrected chi connectivity index (χ1v) is 7.95. The SMILES string of the molecule is COCCN1CCC(CN=C(N)N2CCCC(C)C2)C1. The fourth-order valence-corrected chi connectivity index (χ4v) is 3.21. The monoisotopic (exact) mass is 282 g/mol. The third-order valence-corrected chi connectivity index (χ3v) is 4.47. The zero-order chi connectivity index (χ0) is 14.4. The highest BCUT2D eigenvalue weighted by atomic mass is 16.5. The van der Waals surface area contributed by atoms with Crippen molar-refractivity contribution in [2.75, 3.05) is 53.0 Å². The maximum absolute atomic E-state index is 6.15. The van der Waals surface area contributed by atoms with Crippen molar-refractivity contribution in [1.29, 1.82) is 0 Å². The summed E-state index contributed by atoms with van der Waals surface area (Å²) in [5.74, 6) is 2.16. The Morgan fingerprint density at radius 2 is 2.15 bits per heavy atom. The second-order valence-corrected chi connectivity index (χ2v) is 6.34. The molecule has 0 radical (unpaired) electrons. The Bertz CT molecular complexity index is 321. The summed E-state index contributed by atoms with van der Waals surface area (Å²) in [6.45, 7) is 9.48. The van der Waals surface area contributed by atoms with Gasteiger partial charge in [0.2, 0.25) is 0 Å². The summed E-state index contributed by atoms with van der Waals surface area (Å²) in [6, 6.07) is 0. The van der Waals surface area contributed by atoms with Gasteiger partial charge in [0.15, 0.2) is 5.96 Å². The highest BCUT2D eigenvalue weighted by Crippen LogP contribution is 2.17. The van der Waals surface area contributed by atoms with Gasteiger partial charge in [0.1, 0.15) is 0 Å². The van der Waals surface area contributed by atoms with Gasteiger partial charge >= 0.3 is 0 Å². The van der Waals surface area contributed by atoms with Crippen LogP contribution in [0.4, 0.5) is 0 Å². The first kappa shape index (κ1) is 15.6. The smallest absolute Gasteiger partial charge is 0.191 e. The van der Waals surface area contributed by atoms with Gasteiger partial charge in [0.05, 0.1) is 6.61 Å². The fourth-order valence-electron chi connectivity index (χ4n) is 3.21. The minimum Gasteiger partial charge on any atom is -0.383 e. The van der Waals surface area contributed by atoms with Gasteiger partial charge in [-0.1, -0.05) is 6.92 Å². The number of nitrogens with two attached hydrogens (primary N) is 1. The third-order valence-electron chi connectivity index (χ3n) is 4.47. The zero-order valence-electron chi connectivity index (χ0n) is 13.1. The Morgan fingerprint density at radius 3 is 2.90 bits per heavy atom. The molecule has 2 N–H and O–H groups in total. The summed E-state index contributed by atoms with van der Waals surface area (Å²) in [4.78, 5) is 9.36. The van der Waals surface area contributed by atoms with Crippen LogP contribution in [0.1, 0.15) is 26.2 Å². The molecule has 0 aromatic heterocycles. The van der Waals surface area contributed by atoms with Crippen molar-refractivity contribution in [3.8, 4) is 0 Å². The van der Waals surface area contributed by atoms with Crippen LogP contribution in [0.3, 0.4) is 0 Å². The van der Waals surface area contributed by atoms with Gasteiger partial charge in [0, 0.05) is 39.8 Å². The third kappa shape index (κ3) is 4.63. The van der Waals surface area contributed by atoms with E-state index in [1.54, 1.807) is 7.11 Å². The van der Waals surface area contributed by atoms with Gasteiger partial charge in [-0.05, 0) is 37.6 Å². The lowest BCUT2D eigenvalue weighted by Crippen LogP contribution is -2.43. The predicted octanol–water partition coefficient (Wildman–Crippen LogP) is 1.00. The molecule has 2 unspecified atom stereocenters. The lowest BCUT2D eigenvalue weighted by atomic mass is 10.0. The van der Waals surface area contributed by atoms with Crippen molar-refractivity contribution >= 4 is 5.96 Å². The lowest BCUT2D eigenvalue weighted by Gasteiger charge is -2.31. The van der Waals surface area contributed by atoms with Crippen LogP contribution in [0.2, 0.25) is 0 Å². The standard InChI is InChI=1S/C15H30N4O/c1-13-4-3-6-19(11-13)15(16)17-10-14-5-7-18(12-14)8-9-20-2/h13-14H,3-12H2,1-2H3,(H2,16,17). The van der Waals surface area contributed by atoms with Crippen LogP contribution in [0.5, 0.6) is 0 Å². The summed E-state index contributed by atoms with van der Waals surface area (Å²) in [5, 5.41) is 0. The number of nitrogens with zero attached hydrogens (tertiary/aromatic N) is 3. The summed E-state index contributed by atoms with van der Waals surface area (Å²) in [6.07, 6.45) is 3.80. The first-order chi connectivity index (χ1) is 9.69. The number of piperidine rings is 1. The number of likely N-dealkylation sites (tertiary alicyclic amines) is 2. The molecule has 2 heterocycles. The van der Waals surface area contributed by atoms with E-state index in [1.807, 2.05) is 0 Å². The van der Waals surface area contributed by atoms with Gasteiger partial charge in [-0.25, -0.2) is 0 Å². The molecule has 0 aromatic carbocycles. The fraction of sp³-hybridized carbons (Fsp3) is 0.933. The van der Waals surface area contributed by atoms with Crippen LogP contribution in [-0.2, 0) is 4.74 Å². The molecule has 2 rings (SSSR count). The van der Waals surface area contributed by atoms with Crippen molar-refractivity contribution in [2.24, 2.45) is 22.6 Å². The highest BCUT2D eigenvalue weighted by molar-refractivity contribution is 5.78. The highest BCUT2D eigenvalue weighted by Gasteiger charge is 2.22. The quantitative estimate of drug-likeness (QED) is 0.604. The largest absolute Gasteiger partial charge is 0.383 e. The maximum atomic E-state index is 6.15. The van der Waals surface area contributed by atoms with E-state index in [1.165, 1.54) is 25.8 Å². The van der Waals surface area contributed by atoms with Gasteiger partial charge in [-0.2, -0.15) is 0 Å². The van der Waals surface area contributed by atoms with Crippen molar-refractivity contribution in [1.82, 2.24) is 9.80 Å². The molecule has 5 nitrogen and oxygen atoms in total. The van der Waals surface area contributed by atoms with E-state index < -0.39 is 0 Å². The number of methoxy groups -OCH3 is 1. The number of hydrogen-bond donors (Lipinski definition) is 1. The molecule has 2 aliphatic heterocycles. The molecular weight excluding hydrogens is 252 g/mol. The molecular formula is C15H30N4O. The van der Waals surface area contributed by atoms with E-state index in [2.05, 4.69) is 21.7 Å². The summed E-state index contributed by atoms with van der Waals surface area (Å²) < 4.78 is 5.13. The Morgan fingerprint density at radius 1 is 1.30 bits per heavy atom. The lowest BCUT2D eigenvalue weighted by molar-refractivity contribution is 0.159. The van der Waals surface area contributed by atoms with Crippen molar-refractivity contribution < 1.29 is 4.74 Å². The Hall–Kier alpha value is -0.810. The molecule has 2 aliphatic rings. The Kier molecular flexibility index (Phi) is 6.10. The maximum Gasteiger partial charge on any atom is 0.191 e. The van der Waals surface area contributed by atoms with E-state index in [-0.39, 0.29) is 0 Å². The van der Waals surface area contributed by atoms with Gasteiger partial charge < -0.3 is 20.3 Å². The topological polar surface area (TPSA) is 54.1 Å². The van der Waals surface area contributed by atoms with Gasteiger partial charge in [-0.15, -0.1) is 0 Å². The van der Waals surface area contributed by atoms with E-state index in [4.69, 9.17) is 10.5 Å². The van der Waals surface area contributed by atoms with Crippen LogP contribution in [0, 0.1) is 11.8 Å². The predicted molar refractivity (Wildman–Crippen MR) is 82.9 cm³/mol.